The molecule has 0 radical (unpaired) electrons. The molecule has 0 aliphatic carbocycles. The Morgan fingerprint density at radius 1 is 0.348 bits per heavy atom. The maximum absolute atomic E-state index is 2.43. The third-order valence-corrected chi connectivity index (χ3v) is 11.5. The van der Waals surface area contributed by atoms with Gasteiger partial charge in [0, 0.05) is 73.9 Å². The number of hydrogen-bond acceptors (Lipinski definition) is 3. The Morgan fingerprint density at radius 3 is 1.67 bits per heavy atom. The molecule has 0 spiro atoms. The van der Waals surface area contributed by atoms with Gasteiger partial charge in [0.05, 0.1) is 11.0 Å². The molecule has 0 atom stereocenters. The second-order valence-corrected chi connectivity index (χ2v) is 13.9. The van der Waals surface area contributed by atoms with Crippen molar-refractivity contribution < 1.29 is 0 Å². The van der Waals surface area contributed by atoms with E-state index in [0.717, 1.165) is 17.1 Å². The fraction of sp³-hybridized carbons (Fsp3) is 0. The van der Waals surface area contributed by atoms with E-state index in [1.807, 2.05) is 22.7 Å². The zero-order valence-electron chi connectivity index (χ0n) is 24.7. The van der Waals surface area contributed by atoms with E-state index in [1.54, 1.807) is 0 Å². The number of aromatic nitrogens is 1. The molecule has 0 bridgehead atoms. The van der Waals surface area contributed by atoms with E-state index in [0.29, 0.717) is 0 Å². The highest BCUT2D eigenvalue weighted by molar-refractivity contribution is 7.26. The molecule has 2 nitrogen and oxygen atoms in total. The fourth-order valence-corrected chi connectivity index (χ4v) is 9.33. The lowest BCUT2D eigenvalue weighted by atomic mass is 10.1. The molecule has 0 unspecified atom stereocenters. The topological polar surface area (TPSA) is 8.17 Å². The van der Waals surface area contributed by atoms with Crippen molar-refractivity contribution in [1.82, 2.24) is 4.57 Å². The number of anilines is 3. The number of hydrogen-bond donors (Lipinski definition) is 0. The molecule has 10 aromatic rings. The predicted molar refractivity (Wildman–Crippen MR) is 201 cm³/mol. The molecular formula is C42H26N2S2. The van der Waals surface area contributed by atoms with Crippen LogP contribution in [0.1, 0.15) is 0 Å². The number of fused-ring (bicyclic) bond motifs is 9. The van der Waals surface area contributed by atoms with Gasteiger partial charge in [-0.25, -0.2) is 0 Å². The lowest BCUT2D eigenvalue weighted by molar-refractivity contribution is 1.18. The first-order valence-electron chi connectivity index (χ1n) is 15.5. The molecule has 216 valence electrons. The van der Waals surface area contributed by atoms with Crippen molar-refractivity contribution >= 4 is 102 Å². The van der Waals surface area contributed by atoms with Gasteiger partial charge in [-0.05, 0) is 78.9 Å². The summed E-state index contributed by atoms with van der Waals surface area (Å²) in [4.78, 5) is 2.43. The first-order valence-corrected chi connectivity index (χ1v) is 17.1. The van der Waals surface area contributed by atoms with Gasteiger partial charge < -0.3 is 9.47 Å². The second kappa shape index (κ2) is 10.0. The van der Waals surface area contributed by atoms with Gasteiger partial charge in [-0.3, -0.25) is 0 Å². The van der Waals surface area contributed by atoms with Crippen LogP contribution < -0.4 is 4.90 Å². The predicted octanol–water partition coefficient (Wildman–Crippen LogP) is 13.0. The van der Waals surface area contributed by atoms with Crippen LogP contribution in [-0.2, 0) is 0 Å². The molecule has 0 aliphatic rings. The fourth-order valence-electron chi connectivity index (χ4n) is 7.11. The van der Waals surface area contributed by atoms with Gasteiger partial charge in [0.15, 0.2) is 0 Å². The van der Waals surface area contributed by atoms with Crippen molar-refractivity contribution in [3.63, 3.8) is 0 Å². The number of para-hydroxylation sites is 2. The molecule has 3 heterocycles. The molecular weight excluding hydrogens is 597 g/mol. The van der Waals surface area contributed by atoms with Gasteiger partial charge in [0.1, 0.15) is 0 Å². The van der Waals surface area contributed by atoms with Crippen molar-refractivity contribution in [2.45, 2.75) is 0 Å². The Balaban J connectivity index is 1.24. The van der Waals surface area contributed by atoms with Gasteiger partial charge in [0.25, 0.3) is 0 Å². The summed E-state index contributed by atoms with van der Waals surface area (Å²) in [5.74, 6) is 0. The van der Waals surface area contributed by atoms with E-state index >= 15 is 0 Å². The Labute approximate surface area is 273 Å². The minimum absolute atomic E-state index is 1.14. The lowest BCUT2D eigenvalue weighted by Crippen LogP contribution is -2.09. The van der Waals surface area contributed by atoms with E-state index in [-0.39, 0.29) is 0 Å². The maximum atomic E-state index is 2.43. The first-order chi connectivity index (χ1) is 22.8. The average molecular weight is 623 g/mol. The van der Waals surface area contributed by atoms with Gasteiger partial charge in [-0.2, -0.15) is 0 Å². The second-order valence-electron chi connectivity index (χ2n) is 11.8. The van der Waals surface area contributed by atoms with Crippen LogP contribution in [0.5, 0.6) is 0 Å². The summed E-state index contributed by atoms with van der Waals surface area (Å²) in [6.07, 6.45) is 0. The number of thiophene rings is 2. The summed E-state index contributed by atoms with van der Waals surface area (Å²) in [7, 11) is 0. The van der Waals surface area contributed by atoms with E-state index in [1.165, 1.54) is 67.8 Å². The van der Waals surface area contributed by atoms with Crippen LogP contribution in [-0.4, -0.2) is 4.57 Å². The zero-order valence-corrected chi connectivity index (χ0v) is 26.4. The zero-order chi connectivity index (χ0) is 30.2. The normalized spacial score (nSPS) is 11.9. The van der Waals surface area contributed by atoms with Gasteiger partial charge in [-0.1, -0.05) is 78.9 Å². The minimum Gasteiger partial charge on any atom is -0.310 e. The quantitative estimate of drug-likeness (QED) is 0.190. The summed E-state index contributed by atoms with van der Waals surface area (Å²) in [5.41, 5.74) is 7.04. The Bertz CT molecular complexity index is 2770. The first kappa shape index (κ1) is 25.9. The summed E-state index contributed by atoms with van der Waals surface area (Å²) in [6.45, 7) is 0. The molecule has 0 aliphatic heterocycles. The van der Waals surface area contributed by atoms with Crippen LogP contribution in [0.15, 0.2) is 158 Å². The Hall–Kier alpha value is -5.42. The maximum Gasteiger partial charge on any atom is 0.0542 e. The molecule has 0 saturated heterocycles. The summed E-state index contributed by atoms with van der Waals surface area (Å²) < 4.78 is 7.63. The highest BCUT2D eigenvalue weighted by Crippen LogP contribution is 2.44. The van der Waals surface area contributed by atoms with Crippen LogP contribution >= 0.6 is 22.7 Å². The number of rotatable bonds is 4. The van der Waals surface area contributed by atoms with Crippen molar-refractivity contribution in [2.24, 2.45) is 0 Å². The van der Waals surface area contributed by atoms with Crippen LogP contribution in [0.3, 0.4) is 0 Å². The van der Waals surface area contributed by atoms with Crippen molar-refractivity contribution in [3.05, 3.63) is 158 Å². The molecule has 0 fully saturated rings. The van der Waals surface area contributed by atoms with E-state index in [2.05, 4.69) is 167 Å². The Kier molecular flexibility index (Phi) is 5.65. The van der Waals surface area contributed by atoms with Crippen LogP contribution in [0.2, 0.25) is 0 Å². The summed E-state index contributed by atoms with van der Waals surface area (Å²) in [6, 6.07) is 57.8. The molecule has 4 heteroatoms. The van der Waals surface area contributed by atoms with Crippen molar-refractivity contribution in [2.75, 3.05) is 4.90 Å². The van der Waals surface area contributed by atoms with E-state index in [4.69, 9.17) is 0 Å². The highest BCUT2D eigenvalue weighted by atomic mass is 32.1. The summed E-state index contributed by atoms with van der Waals surface area (Å²) >= 11 is 3.73. The SMILES string of the molecule is c1ccc(-n2c3ccccc3c3cc(N(c4ccc5c(c4)sc4ccccc45)c4ccc5sc6ccccc6c5c4)ccc32)cc1. The average Bonchev–Trinajstić information content (AvgIpc) is 3.78. The molecule has 7 aromatic carbocycles. The molecule has 0 amide bonds. The molecule has 0 N–H and O–H groups in total. The lowest BCUT2D eigenvalue weighted by Gasteiger charge is -2.26. The Morgan fingerprint density at radius 2 is 0.870 bits per heavy atom. The molecule has 0 saturated carbocycles. The van der Waals surface area contributed by atoms with Crippen LogP contribution in [0.4, 0.5) is 17.1 Å². The van der Waals surface area contributed by atoms with Crippen LogP contribution in [0.25, 0.3) is 67.8 Å². The standard InChI is InChI=1S/C42H26N2S2/c1-2-10-27(11-3-1)44-37-15-7-4-12-31(37)35-24-28(19-22-38(35)44)43(29-20-23-41-36(25-29)33-14-6-9-17-40(33)45-41)30-18-21-34-32-13-5-8-16-39(32)46-42(34)26-30/h1-26H. The highest BCUT2D eigenvalue weighted by Gasteiger charge is 2.19. The minimum atomic E-state index is 1.14. The number of nitrogens with zero attached hydrogens (tertiary/aromatic N) is 2. The van der Waals surface area contributed by atoms with E-state index < -0.39 is 0 Å². The summed E-state index contributed by atoms with van der Waals surface area (Å²) in [5, 5.41) is 7.74. The van der Waals surface area contributed by atoms with Crippen molar-refractivity contribution in [1.29, 1.82) is 0 Å². The largest absolute Gasteiger partial charge is 0.310 e. The third-order valence-electron chi connectivity index (χ3n) is 9.17. The molecule has 10 rings (SSSR count). The molecule has 3 aromatic heterocycles. The van der Waals surface area contributed by atoms with E-state index in [9.17, 15) is 0 Å². The number of benzene rings is 7. The smallest absolute Gasteiger partial charge is 0.0542 e. The third kappa shape index (κ3) is 3.87. The van der Waals surface area contributed by atoms with Gasteiger partial charge in [-0.15, -0.1) is 22.7 Å². The molecule has 46 heavy (non-hydrogen) atoms. The van der Waals surface area contributed by atoms with Crippen molar-refractivity contribution in [3.8, 4) is 5.69 Å². The monoisotopic (exact) mass is 622 g/mol. The van der Waals surface area contributed by atoms with Gasteiger partial charge in [0.2, 0.25) is 0 Å². The van der Waals surface area contributed by atoms with Gasteiger partial charge >= 0.3 is 0 Å². The van der Waals surface area contributed by atoms with Crippen LogP contribution in [0, 0.1) is 0 Å².